The Bertz CT molecular complexity index is 424. The summed E-state index contributed by atoms with van der Waals surface area (Å²) in [6.07, 6.45) is 7.72. The molecule has 0 radical (unpaired) electrons. The molecule has 0 aromatic carbocycles. The molecule has 19 heavy (non-hydrogen) atoms. The summed E-state index contributed by atoms with van der Waals surface area (Å²) in [6.45, 7) is 2.93. The summed E-state index contributed by atoms with van der Waals surface area (Å²) in [7, 11) is 0. The molecule has 1 aliphatic heterocycles. The SMILES string of the molecule is CC1CCOC1c1nc(C2(N)CCCCCC2)no1. The summed E-state index contributed by atoms with van der Waals surface area (Å²) < 4.78 is 11.1. The quantitative estimate of drug-likeness (QED) is 0.832. The van der Waals surface area contributed by atoms with Crippen LogP contribution in [0.15, 0.2) is 4.52 Å². The van der Waals surface area contributed by atoms with E-state index in [1.165, 1.54) is 12.8 Å². The predicted octanol–water partition coefficient (Wildman–Crippen LogP) is 2.68. The van der Waals surface area contributed by atoms with Gasteiger partial charge in [-0.25, -0.2) is 0 Å². The number of aromatic nitrogens is 2. The zero-order valence-corrected chi connectivity index (χ0v) is 11.6. The fourth-order valence-electron chi connectivity index (χ4n) is 3.15. The van der Waals surface area contributed by atoms with Crippen LogP contribution < -0.4 is 5.73 Å². The maximum atomic E-state index is 6.50. The molecule has 5 nitrogen and oxygen atoms in total. The fraction of sp³-hybridized carbons (Fsp3) is 0.857. The molecule has 2 aliphatic rings. The van der Waals surface area contributed by atoms with Gasteiger partial charge in [0.25, 0.3) is 5.89 Å². The molecule has 1 aromatic heterocycles. The summed E-state index contributed by atoms with van der Waals surface area (Å²) in [6, 6.07) is 0. The fourth-order valence-corrected chi connectivity index (χ4v) is 3.15. The Morgan fingerprint density at radius 2 is 1.95 bits per heavy atom. The molecule has 1 aliphatic carbocycles. The van der Waals surface area contributed by atoms with Crippen molar-refractivity contribution in [2.75, 3.05) is 6.61 Å². The molecular formula is C14H23N3O2. The lowest BCUT2D eigenvalue weighted by molar-refractivity contribution is 0.0661. The van der Waals surface area contributed by atoms with Gasteiger partial charge >= 0.3 is 0 Å². The normalized spacial score (nSPS) is 31.3. The molecule has 1 saturated heterocycles. The first-order valence-electron chi connectivity index (χ1n) is 7.44. The topological polar surface area (TPSA) is 74.2 Å². The van der Waals surface area contributed by atoms with Crippen LogP contribution in [0.5, 0.6) is 0 Å². The third-order valence-electron chi connectivity index (χ3n) is 4.51. The minimum absolute atomic E-state index is 0.0457. The summed E-state index contributed by atoms with van der Waals surface area (Å²) in [5, 5.41) is 4.14. The van der Waals surface area contributed by atoms with Gasteiger partial charge in [0.1, 0.15) is 6.10 Å². The second kappa shape index (κ2) is 5.21. The molecular weight excluding hydrogens is 242 g/mol. The van der Waals surface area contributed by atoms with Crippen molar-refractivity contribution in [3.63, 3.8) is 0 Å². The van der Waals surface area contributed by atoms with Crippen LogP contribution >= 0.6 is 0 Å². The number of rotatable bonds is 2. The van der Waals surface area contributed by atoms with Crippen LogP contribution in [0.4, 0.5) is 0 Å². The third-order valence-corrected chi connectivity index (χ3v) is 4.51. The predicted molar refractivity (Wildman–Crippen MR) is 70.3 cm³/mol. The minimum Gasteiger partial charge on any atom is -0.368 e. The number of ether oxygens (including phenoxy) is 1. The molecule has 5 heteroatoms. The maximum Gasteiger partial charge on any atom is 0.256 e. The Labute approximate surface area is 113 Å². The van der Waals surface area contributed by atoms with E-state index in [9.17, 15) is 0 Å². The molecule has 3 rings (SSSR count). The van der Waals surface area contributed by atoms with Crippen molar-refractivity contribution < 1.29 is 9.26 Å². The van der Waals surface area contributed by atoms with Gasteiger partial charge in [0, 0.05) is 6.61 Å². The molecule has 2 N–H and O–H groups in total. The van der Waals surface area contributed by atoms with Crippen LogP contribution in [0.1, 0.15) is 69.7 Å². The summed E-state index contributed by atoms with van der Waals surface area (Å²) in [5.74, 6) is 1.72. The average Bonchev–Trinajstić information content (AvgIpc) is 2.97. The van der Waals surface area contributed by atoms with Gasteiger partial charge in [0.2, 0.25) is 0 Å². The van der Waals surface area contributed by atoms with E-state index < -0.39 is 5.54 Å². The number of hydrogen-bond acceptors (Lipinski definition) is 5. The van der Waals surface area contributed by atoms with Gasteiger partial charge in [-0.15, -0.1) is 0 Å². The van der Waals surface area contributed by atoms with E-state index in [2.05, 4.69) is 17.1 Å². The zero-order chi connectivity index (χ0) is 13.3. The van der Waals surface area contributed by atoms with Crippen molar-refractivity contribution in [3.05, 3.63) is 11.7 Å². The standard InChI is InChI=1S/C14H23N3O2/c1-10-6-9-18-11(10)12-16-13(17-19-12)14(15)7-4-2-3-5-8-14/h10-11H,2-9,15H2,1H3. The second-order valence-electron chi connectivity index (χ2n) is 6.08. The van der Waals surface area contributed by atoms with Gasteiger partial charge in [-0.3, -0.25) is 0 Å². The molecule has 1 aromatic rings. The summed E-state index contributed by atoms with van der Waals surface area (Å²) in [4.78, 5) is 4.55. The van der Waals surface area contributed by atoms with Crippen molar-refractivity contribution >= 4 is 0 Å². The van der Waals surface area contributed by atoms with E-state index in [1.807, 2.05) is 0 Å². The van der Waals surface area contributed by atoms with Crippen LogP contribution in [0, 0.1) is 5.92 Å². The maximum absolute atomic E-state index is 6.50. The Morgan fingerprint density at radius 3 is 2.58 bits per heavy atom. The van der Waals surface area contributed by atoms with Crippen molar-refractivity contribution in [1.82, 2.24) is 10.1 Å². The highest BCUT2D eigenvalue weighted by Gasteiger charge is 2.36. The van der Waals surface area contributed by atoms with E-state index in [0.29, 0.717) is 17.6 Å². The van der Waals surface area contributed by atoms with E-state index >= 15 is 0 Å². The Hall–Kier alpha value is -0.940. The van der Waals surface area contributed by atoms with E-state index in [-0.39, 0.29) is 6.10 Å². The average molecular weight is 265 g/mol. The molecule has 106 valence electrons. The number of nitrogens with zero attached hydrogens (tertiary/aromatic N) is 2. The Balaban J connectivity index is 1.79. The zero-order valence-electron chi connectivity index (χ0n) is 11.6. The lowest BCUT2D eigenvalue weighted by Gasteiger charge is -2.23. The van der Waals surface area contributed by atoms with Crippen LogP contribution in [-0.2, 0) is 10.3 Å². The molecule has 2 heterocycles. The van der Waals surface area contributed by atoms with Gasteiger partial charge in [0.15, 0.2) is 5.82 Å². The smallest absolute Gasteiger partial charge is 0.256 e. The highest BCUT2D eigenvalue weighted by molar-refractivity contribution is 5.06. The van der Waals surface area contributed by atoms with Crippen molar-refractivity contribution in [1.29, 1.82) is 0 Å². The van der Waals surface area contributed by atoms with Crippen LogP contribution in [0.25, 0.3) is 0 Å². The van der Waals surface area contributed by atoms with E-state index in [1.54, 1.807) is 0 Å². The van der Waals surface area contributed by atoms with Crippen LogP contribution in [-0.4, -0.2) is 16.7 Å². The van der Waals surface area contributed by atoms with Crippen LogP contribution in [0.3, 0.4) is 0 Å². The van der Waals surface area contributed by atoms with Crippen molar-refractivity contribution in [2.24, 2.45) is 11.7 Å². The minimum atomic E-state index is -0.403. The lowest BCUT2D eigenvalue weighted by atomic mass is 9.91. The van der Waals surface area contributed by atoms with E-state index in [4.69, 9.17) is 15.0 Å². The van der Waals surface area contributed by atoms with Gasteiger partial charge in [-0.1, -0.05) is 37.8 Å². The third kappa shape index (κ3) is 2.54. The molecule has 0 bridgehead atoms. The molecule has 2 atom stereocenters. The van der Waals surface area contributed by atoms with Crippen LogP contribution in [0.2, 0.25) is 0 Å². The number of nitrogens with two attached hydrogens (primary N) is 1. The monoisotopic (exact) mass is 265 g/mol. The lowest BCUT2D eigenvalue weighted by Crippen LogP contribution is -2.37. The molecule has 1 saturated carbocycles. The van der Waals surface area contributed by atoms with Gasteiger partial charge in [-0.2, -0.15) is 4.98 Å². The number of hydrogen-bond donors (Lipinski definition) is 1. The summed E-state index contributed by atoms with van der Waals surface area (Å²) >= 11 is 0. The Kier molecular flexibility index (Phi) is 3.58. The van der Waals surface area contributed by atoms with Gasteiger partial charge in [-0.05, 0) is 25.2 Å². The largest absolute Gasteiger partial charge is 0.368 e. The molecule has 2 unspecified atom stereocenters. The summed E-state index contributed by atoms with van der Waals surface area (Å²) in [5.41, 5.74) is 6.10. The highest BCUT2D eigenvalue weighted by Crippen LogP contribution is 2.36. The van der Waals surface area contributed by atoms with Crippen molar-refractivity contribution in [2.45, 2.75) is 63.5 Å². The second-order valence-corrected chi connectivity index (χ2v) is 6.08. The molecule has 0 amide bonds. The first kappa shape index (κ1) is 13.1. The Morgan fingerprint density at radius 1 is 1.21 bits per heavy atom. The molecule has 0 spiro atoms. The van der Waals surface area contributed by atoms with Crippen molar-refractivity contribution in [3.8, 4) is 0 Å². The first-order chi connectivity index (χ1) is 9.19. The highest BCUT2D eigenvalue weighted by atomic mass is 16.5. The molecule has 2 fully saturated rings. The first-order valence-corrected chi connectivity index (χ1v) is 7.44. The van der Waals surface area contributed by atoms with Gasteiger partial charge in [0.05, 0.1) is 5.54 Å². The van der Waals surface area contributed by atoms with Gasteiger partial charge < -0.3 is 15.0 Å². The van der Waals surface area contributed by atoms with E-state index in [0.717, 1.165) is 38.7 Å².